The fourth-order valence-electron chi connectivity index (χ4n) is 4.06. The first-order chi connectivity index (χ1) is 15.1. The Morgan fingerprint density at radius 1 is 0.871 bits per heavy atom. The van der Waals surface area contributed by atoms with E-state index in [2.05, 4.69) is 17.0 Å². The number of hydrogen-bond acceptors (Lipinski definition) is 6. The lowest BCUT2D eigenvalue weighted by atomic mass is 10.1. The minimum atomic E-state index is -0.328. The molecule has 2 aliphatic heterocycles. The van der Waals surface area contributed by atoms with E-state index in [4.69, 9.17) is 14.2 Å². The van der Waals surface area contributed by atoms with Crippen LogP contribution in [0.4, 0.5) is 0 Å². The van der Waals surface area contributed by atoms with Crippen LogP contribution in [0.2, 0.25) is 0 Å². The molecule has 2 heterocycles. The second-order valence-electron chi connectivity index (χ2n) is 7.88. The lowest BCUT2D eigenvalue weighted by molar-refractivity contribution is -0.145. The minimum Gasteiger partial charge on any atom is -0.497 e. The number of esters is 1. The third-order valence-corrected chi connectivity index (χ3v) is 5.72. The van der Waals surface area contributed by atoms with Crippen molar-refractivity contribution in [3.63, 3.8) is 0 Å². The van der Waals surface area contributed by atoms with Gasteiger partial charge in [-0.25, -0.2) is 0 Å². The fraction of sp³-hybridized carbons (Fsp3) is 0.417. The lowest BCUT2D eigenvalue weighted by Crippen LogP contribution is -2.25. The molecule has 0 atom stereocenters. The first-order valence-electron chi connectivity index (χ1n) is 10.6. The summed E-state index contributed by atoms with van der Waals surface area (Å²) in [5.74, 6) is 1.32. The van der Waals surface area contributed by atoms with E-state index in [1.54, 1.807) is 18.9 Å². The van der Waals surface area contributed by atoms with Crippen LogP contribution in [-0.2, 0) is 40.5 Å². The highest BCUT2D eigenvalue weighted by Gasteiger charge is 2.25. The van der Waals surface area contributed by atoms with E-state index < -0.39 is 0 Å². The van der Waals surface area contributed by atoms with Crippen LogP contribution in [0.15, 0.2) is 36.4 Å². The van der Waals surface area contributed by atoms with Gasteiger partial charge in [-0.3, -0.25) is 14.5 Å². The Morgan fingerprint density at radius 3 is 2.29 bits per heavy atom. The zero-order chi connectivity index (χ0) is 21.8. The lowest BCUT2D eigenvalue weighted by Gasteiger charge is -2.16. The SMILES string of the molecule is CCOC(=O)CCC(=O)N1Cc2ccc(OCN3Cc4ccc(OC)cc4C3)cc2C1. The number of ether oxygens (including phenoxy) is 3. The molecular weight excluding hydrogens is 396 g/mol. The maximum absolute atomic E-state index is 12.4. The molecule has 164 valence electrons. The molecule has 4 rings (SSSR count). The molecular formula is C24H28N2O5. The fourth-order valence-corrected chi connectivity index (χ4v) is 4.06. The average molecular weight is 424 g/mol. The molecule has 0 saturated carbocycles. The number of methoxy groups -OCH3 is 1. The maximum atomic E-state index is 12.4. The Morgan fingerprint density at radius 2 is 1.52 bits per heavy atom. The largest absolute Gasteiger partial charge is 0.497 e. The molecule has 7 heteroatoms. The van der Waals surface area contributed by atoms with Crippen molar-refractivity contribution in [1.82, 2.24) is 9.80 Å². The number of benzene rings is 2. The summed E-state index contributed by atoms with van der Waals surface area (Å²) < 4.78 is 16.2. The van der Waals surface area contributed by atoms with Crippen molar-refractivity contribution < 1.29 is 23.8 Å². The molecule has 2 aromatic carbocycles. The molecule has 0 radical (unpaired) electrons. The van der Waals surface area contributed by atoms with E-state index in [9.17, 15) is 9.59 Å². The molecule has 0 saturated heterocycles. The molecule has 2 aromatic rings. The molecule has 7 nitrogen and oxygen atoms in total. The smallest absolute Gasteiger partial charge is 0.306 e. The summed E-state index contributed by atoms with van der Waals surface area (Å²) in [7, 11) is 1.68. The van der Waals surface area contributed by atoms with E-state index >= 15 is 0 Å². The summed E-state index contributed by atoms with van der Waals surface area (Å²) in [5, 5.41) is 0. The third kappa shape index (κ3) is 4.99. The molecule has 0 spiro atoms. The predicted molar refractivity (Wildman–Crippen MR) is 114 cm³/mol. The average Bonchev–Trinajstić information content (AvgIpc) is 3.38. The first-order valence-corrected chi connectivity index (χ1v) is 10.6. The quantitative estimate of drug-likeness (QED) is 0.606. The molecule has 0 unspecified atom stereocenters. The van der Waals surface area contributed by atoms with Gasteiger partial charge in [0.15, 0.2) is 0 Å². The number of nitrogens with zero attached hydrogens (tertiary/aromatic N) is 2. The van der Waals surface area contributed by atoms with Gasteiger partial charge < -0.3 is 19.1 Å². The second-order valence-corrected chi connectivity index (χ2v) is 7.88. The molecule has 0 aliphatic carbocycles. The second kappa shape index (κ2) is 9.39. The summed E-state index contributed by atoms with van der Waals surface area (Å²) in [6.07, 6.45) is 0.300. The summed E-state index contributed by atoms with van der Waals surface area (Å²) in [6.45, 7) is 5.40. The van der Waals surface area contributed by atoms with Crippen LogP contribution < -0.4 is 9.47 Å². The summed E-state index contributed by atoms with van der Waals surface area (Å²) in [5.41, 5.74) is 4.79. The monoisotopic (exact) mass is 424 g/mol. The van der Waals surface area contributed by atoms with Crippen molar-refractivity contribution >= 4 is 11.9 Å². The van der Waals surface area contributed by atoms with Crippen LogP contribution in [0.3, 0.4) is 0 Å². The molecule has 1 amide bonds. The molecule has 0 bridgehead atoms. The van der Waals surface area contributed by atoms with Gasteiger partial charge in [0.25, 0.3) is 0 Å². The highest BCUT2D eigenvalue weighted by Crippen LogP contribution is 2.29. The van der Waals surface area contributed by atoms with Crippen LogP contribution in [0.25, 0.3) is 0 Å². The van der Waals surface area contributed by atoms with Gasteiger partial charge >= 0.3 is 5.97 Å². The van der Waals surface area contributed by atoms with E-state index in [0.29, 0.717) is 26.4 Å². The third-order valence-electron chi connectivity index (χ3n) is 5.72. The Balaban J connectivity index is 1.28. The molecule has 31 heavy (non-hydrogen) atoms. The van der Waals surface area contributed by atoms with Crippen molar-refractivity contribution in [2.24, 2.45) is 0 Å². The first kappa shape index (κ1) is 21.2. The van der Waals surface area contributed by atoms with Crippen LogP contribution in [0, 0.1) is 0 Å². The van der Waals surface area contributed by atoms with Gasteiger partial charge in [-0.15, -0.1) is 0 Å². The highest BCUT2D eigenvalue weighted by atomic mass is 16.5. The van der Waals surface area contributed by atoms with Crippen LogP contribution in [-0.4, -0.2) is 42.1 Å². The van der Waals surface area contributed by atoms with E-state index in [0.717, 1.165) is 35.7 Å². The maximum Gasteiger partial charge on any atom is 0.306 e. The Labute approximate surface area is 182 Å². The number of rotatable bonds is 8. The zero-order valence-corrected chi connectivity index (χ0v) is 18.1. The van der Waals surface area contributed by atoms with Gasteiger partial charge in [0, 0.05) is 32.6 Å². The number of amides is 1. The van der Waals surface area contributed by atoms with Gasteiger partial charge in [-0.1, -0.05) is 12.1 Å². The molecule has 0 fully saturated rings. The van der Waals surface area contributed by atoms with Gasteiger partial charge in [0.2, 0.25) is 5.91 Å². The van der Waals surface area contributed by atoms with Crippen molar-refractivity contribution in [3.05, 3.63) is 58.7 Å². The van der Waals surface area contributed by atoms with Crippen molar-refractivity contribution in [1.29, 1.82) is 0 Å². The standard InChI is InChI=1S/C24H28N2O5/c1-3-30-24(28)9-8-23(27)26-14-18-5-7-22(11-20(18)15-26)31-16-25-12-17-4-6-21(29-2)10-19(17)13-25/h4-7,10-11H,3,8-9,12-16H2,1-2H3. The van der Waals surface area contributed by atoms with Crippen molar-refractivity contribution in [2.75, 3.05) is 20.4 Å². The normalized spacial score (nSPS) is 14.8. The number of carbonyl (C=O) groups is 2. The van der Waals surface area contributed by atoms with E-state index in [1.165, 1.54) is 11.1 Å². The molecule has 0 N–H and O–H groups in total. The van der Waals surface area contributed by atoms with E-state index in [-0.39, 0.29) is 24.7 Å². The summed E-state index contributed by atoms with van der Waals surface area (Å²) in [6, 6.07) is 12.2. The Bertz CT molecular complexity index is 974. The summed E-state index contributed by atoms with van der Waals surface area (Å²) in [4.78, 5) is 27.9. The van der Waals surface area contributed by atoms with Crippen molar-refractivity contribution in [2.45, 2.75) is 45.9 Å². The topological polar surface area (TPSA) is 68.3 Å². The summed E-state index contributed by atoms with van der Waals surface area (Å²) >= 11 is 0. The van der Waals surface area contributed by atoms with Crippen LogP contribution >= 0.6 is 0 Å². The minimum absolute atomic E-state index is 0.0306. The Hall–Kier alpha value is -3.06. The highest BCUT2D eigenvalue weighted by molar-refractivity contribution is 5.81. The number of hydrogen-bond donors (Lipinski definition) is 0. The van der Waals surface area contributed by atoms with Crippen LogP contribution in [0.1, 0.15) is 42.0 Å². The van der Waals surface area contributed by atoms with Crippen LogP contribution in [0.5, 0.6) is 11.5 Å². The molecule has 0 aromatic heterocycles. The number of carbonyl (C=O) groups excluding carboxylic acids is 2. The molecule has 2 aliphatic rings. The van der Waals surface area contributed by atoms with Gasteiger partial charge in [0.05, 0.1) is 20.1 Å². The van der Waals surface area contributed by atoms with Gasteiger partial charge in [0.1, 0.15) is 18.2 Å². The van der Waals surface area contributed by atoms with E-state index in [1.807, 2.05) is 24.3 Å². The predicted octanol–water partition coefficient (Wildman–Crippen LogP) is 3.23. The number of fused-ring (bicyclic) bond motifs is 2. The van der Waals surface area contributed by atoms with Gasteiger partial charge in [-0.2, -0.15) is 0 Å². The van der Waals surface area contributed by atoms with Gasteiger partial charge in [-0.05, 0) is 53.4 Å². The zero-order valence-electron chi connectivity index (χ0n) is 18.1. The van der Waals surface area contributed by atoms with Crippen molar-refractivity contribution in [3.8, 4) is 11.5 Å². The Kier molecular flexibility index (Phi) is 6.42.